The van der Waals surface area contributed by atoms with Gasteiger partial charge in [0, 0.05) is 25.6 Å². The lowest BCUT2D eigenvalue weighted by Crippen LogP contribution is -2.44. The molecule has 0 bridgehead atoms. The van der Waals surface area contributed by atoms with Crippen molar-refractivity contribution in [2.24, 2.45) is 5.73 Å². The summed E-state index contributed by atoms with van der Waals surface area (Å²) in [6.45, 7) is 2.33. The first-order valence-electron chi connectivity index (χ1n) is 5.71. The van der Waals surface area contributed by atoms with Gasteiger partial charge in [-0.25, -0.2) is 9.59 Å². The fourth-order valence-electron chi connectivity index (χ4n) is 1.27. The largest absolute Gasteiger partial charge is 0.481 e. The van der Waals surface area contributed by atoms with E-state index in [1.165, 1.54) is 0 Å². The van der Waals surface area contributed by atoms with E-state index >= 15 is 0 Å². The minimum absolute atomic E-state index is 0.0934. The van der Waals surface area contributed by atoms with Crippen LogP contribution in [0.1, 0.15) is 26.2 Å². The van der Waals surface area contributed by atoms with Gasteiger partial charge in [0.25, 0.3) is 0 Å². The average molecular weight is 260 g/mol. The van der Waals surface area contributed by atoms with Crippen molar-refractivity contribution in [1.29, 1.82) is 0 Å². The molecule has 0 aliphatic heterocycles. The predicted molar refractivity (Wildman–Crippen MR) is 65.1 cm³/mol. The average Bonchev–Trinajstić information content (AvgIpc) is 2.23. The second kappa shape index (κ2) is 9.08. The van der Waals surface area contributed by atoms with Crippen molar-refractivity contribution in [3.05, 3.63) is 0 Å². The smallest absolute Gasteiger partial charge is 0.315 e. The highest BCUT2D eigenvalue weighted by Crippen LogP contribution is 1.99. The molecule has 6 N–H and O–H groups in total. The van der Waals surface area contributed by atoms with E-state index in [1.807, 2.05) is 0 Å². The van der Waals surface area contributed by atoms with Gasteiger partial charge in [-0.15, -0.1) is 0 Å². The Labute approximate surface area is 105 Å². The molecule has 1 atom stereocenters. The van der Waals surface area contributed by atoms with Crippen molar-refractivity contribution in [1.82, 2.24) is 16.0 Å². The second-order valence-electron chi connectivity index (χ2n) is 3.88. The Balaban J connectivity index is 3.54. The van der Waals surface area contributed by atoms with Crippen molar-refractivity contribution in [3.63, 3.8) is 0 Å². The van der Waals surface area contributed by atoms with Crippen LogP contribution in [-0.4, -0.2) is 42.3 Å². The van der Waals surface area contributed by atoms with E-state index in [2.05, 4.69) is 16.0 Å². The number of nitrogens with one attached hydrogen (secondary N) is 3. The number of hydrogen-bond acceptors (Lipinski definition) is 3. The Morgan fingerprint density at radius 1 is 1.22 bits per heavy atom. The van der Waals surface area contributed by atoms with Crippen LogP contribution in [0, 0.1) is 0 Å². The van der Waals surface area contributed by atoms with Crippen LogP contribution >= 0.6 is 0 Å². The zero-order valence-corrected chi connectivity index (χ0v) is 10.4. The monoisotopic (exact) mass is 260 g/mol. The van der Waals surface area contributed by atoms with Crippen molar-refractivity contribution < 1.29 is 19.5 Å². The standard InChI is InChI=1S/C10H20N4O4/c1-7(3-2-4-8(15)16)14-10(18)13-6-5-12-9(11)17/h7H,2-6H2,1H3,(H,15,16)(H3,11,12,17)(H2,13,14,18). The number of urea groups is 2. The molecule has 0 fully saturated rings. The Kier molecular flexibility index (Phi) is 8.08. The molecule has 8 nitrogen and oxygen atoms in total. The summed E-state index contributed by atoms with van der Waals surface area (Å²) in [4.78, 5) is 31.9. The van der Waals surface area contributed by atoms with E-state index in [0.717, 1.165) is 0 Å². The maximum Gasteiger partial charge on any atom is 0.315 e. The third-order valence-corrected chi connectivity index (χ3v) is 2.12. The van der Waals surface area contributed by atoms with Crippen LogP contribution in [0.3, 0.4) is 0 Å². The molecule has 0 rings (SSSR count). The van der Waals surface area contributed by atoms with E-state index in [-0.39, 0.29) is 31.6 Å². The van der Waals surface area contributed by atoms with E-state index in [4.69, 9.17) is 10.8 Å². The normalized spacial score (nSPS) is 11.4. The molecule has 0 aromatic rings. The van der Waals surface area contributed by atoms with Gasteiger partial charge in [-0.1, -0.05) is 0 Å². The van der Waals surface area contributed by atoms with E-state index in [1.54, 1.807) is 6.92 Å². The maximum absolute atomic E-state index is 11.3. The van der Waals surface area contributed by atoms with Crippen LogP contribution in [-0.2, 0) is 4.79 Å². The number of carbonyl (C=O) groups is 3. The van der Waals surface area contributed by atoms with Gasteiger partial charge in [0.2, 0.25) is 0 Å². The third kappa shape index (κ3) is 10.5. The minimum Gasteiger partial charge on any atom is -0.481 e. The first-order valence-corrected chi connectivity index (χ1v) is 5.71. The van der Waals surface area contributed by atoms with Crippen molar-refractivity contribution >= 4 is 18.0 Å². The summed E-state index contributed by atoms with van der Waals surface area (Å²) in [6.07, 6.45) is 1.20. The Hall–Kier alpha value is -1.99. The van der Waals surface area contributed by atoms with Gasteiger partial charge in [-0.3, -0.25) is 4.79 Å². The molecule has 18 heavy (non-hydrogen) atoms. The molecule has 0 saturated carbocycles. The van der Waals surface area contributed by atoms with Gasteiger partial charge in [0.15, 0.2) is 0 Å². The number of amides is 4. The zero-order chi connectivity index (χ0) is 14.0. The highest BCUT2D eigenvalue weighted by Gasteiger charge is 2.07. The molecule has 8 heteroatoms. The van der Waals surface area contributed by atoms with Crippen LogP contribution in [0.15, 0.2) is 0 Å². The molecule has 0 heterocycles. The van der Waals surface area contributed by atoms with Gasteiger partial charge < -0.3 is 26.8 Å². The SMILES string of the molecule is CC(CCCC(=O)O)NC(=O)NCCNC(N)=O. The van der Waals surface area contributed by atoms with E-state index < -0.39 is 12.0 Å². The van der Waals surface area contributed by atoms with Crippen LogP contribution in [0.25, 0.3) is 0 Å². The molecule has 1 unspecified atom stereocenters. The highest BCUT2D eigenvalue weighted by atomic mass is 16.4. The summed E-state index contributed by atoms with van der Waals surface area (Å²) in [6, 6.07) is -1.10. The lowest BCUT2D eigenvalue weighted by atomic mass is 10.1. The first-order chi connectivity index (χ1) is 8.41. The highest BCUT2D eigenvalue weighted by molar-refractivity contribution is 5.74. The quantitative estimate of drug-likeness (QED) is 0.379. The molecule has 0 aromatic heterocycles. The number of hydrogen-bond donors (Lipinski definition) is 5. The maximum atomic E-state index is 11.3. The topological polar surface area (TPSA) is 134 Å². The summed E-state index contributed by atoms with van der Waals surface area (Å²) in [5, 5.41) is 16.0. The molecule has 4 amide bonds. The lowest BCUT2D eigenvalue weighted by molar-refractivity contribution is -0.137. The van der Waals surface area contributed by atoms with E-state index in [9.17, 15) is 14.4 Å². The number of nitrogens with two attached hydrogens (primary N) is 1. The van der Waals surface area contributed by atoms with Gasteiger partial charge in [-0.05, 0) is 19.8 Å². The van der Waals surface area contributed by atoms with Gasteiger partial charge >= 0.3 is 18.0 Å². The number of carboxylic acid groups (broad SMARTS) is 1. The lowest BCUT2D eigenvalue weighted by Gasteiger charge is -2.14. The van der Waals surface area contributed by atoms with Crippen LogP contribution in [0.2, 0.25) is 0 Å². The molecule has 0 spiro atoms. The van der Waals surface area contributed by atoms with Gasteiger partial charge in [0.1, 0.15) is 0 Å². The summed E-state index contributed by atoms with van der Waals surface area (Å²) in [5.74, 6) is -0.843. The number of primary amides is 1. The zero-order valence-electron chi connectivity index (χ0n) is 10.4. The molecule has 104 valence electrons. The van der Waals surface area contributed by atoms with Crippen LogP contribution in [0.5, 0.6) is 0 Å². The van der Waals surface area contributed by atoms with Gasteiger partial charge in [-0.2, -0.15) is 0 Å². The second-order valence-corrected chi connectivity index (χ2v) is 3.88. The molecule has 0 aliphatic rings. The number of rotatable bonds is 8. The van der Waals surface area contributed by atoms with Crippen molar-refractivity contribution in [2.75, 3.05) is 13.1 Å². The fourth-order valence-corrected chi connectivity index (χ4v) is 1.27. The number of carbonyl (C=O) groups excluding carboxylic acids is 2. The Morgan fingerprint density at radius 2 is 1.83 bits per heavy atom. The number of aliphatic carboxylic acids is 1. The Bertz CT molecular complexity index is 296. The molecule has 0 saturated heterocycles. The van der Waals surface area contributed by atoms with E-state index in [0.29, 0.717) is 12.8 Å². The van der Waals surface area contributed by atoms with Crippen LogP contribution < -0.4 is 21.7 Å². The molecule has 0 aromatic carbocycles. The summed E-state index contributed by atoms with van der Waals surface area (Å²) < 4.78 is 0. The van der Waals surface area contributed by atoms with Crippen molar-refractivity contribution in [2.45, 2.75) is 32.2 Å². The minimum atomic E-state index is -0.843. The van der Waals surface area contributed by atoms with Crippen LogP contribution in [0.4, 0.5) is 9.59 Å². The third-order valence-electron chi connectivity index (χ3n) is 2.12. The summed E-state index contributed by atoms with van der Waals surface area (Å²) in [7, 11) is 0. The number of carboxylic acids is 1. The summed E-state index contributed by atoms with van der Waals surface area (Å²) >= 11 is 0. The first kappa shape index (κ1) is 16.0. The predicted octanol–water partition coefficient (Wildman–Crippen LogP) is -0.403. The summed E-state index contributed by atoms with van der Waals surface area (Å²) in [5.41, 5.74) is 4.84. The fraction of sp³-hybridized carbons (Fsp3) is 0.700. The Morgan fingerprint density at radius 3 is 2.39 bits per heavy atom. The molecule has 0 radical (unpaired) electrons. The molecule has 0 aliphatic carbocycles. The molecular weight excluding hydrogens is 240 g/mol. The van der Waals surface area contributed by atoms with Gasteiger partial charge in [0.05, 0.1) is 0 Å². The molecular formula is C10H20N4O4. The van der Waals surface area contributed by atoms with Crippen molar-refractivity contribution in [3.8, 4) is 0 Å².